The van der Waals surface area contributed by atoms with Gasteiger partial charge in [0.05, 0.1) is 16.9 Å². The molecule has 0 radical (unpaired) electrons. The number of aromatic nitrogens is 2. The quantitative estimate of drug-likeness (QED) is 0.160. The number of nitrogens with one attached hydrogen (secondary N) is 1. The molecule has 4 aliphatic rings. The molecule has 1 N–H and O–H groups in total. The Hall–Kier alpha value is -6.16. The van der Waals surface area contributed by atoms with Gasteiger partial charge in [-0.15, -0.1) is 9.97 Å². The van der Waals surface area contributed by atoms with Crippen LogP contribution < -0.4 is 24.9 Å². The minimum atomic E-state index is -0.871. The second-order valence-corrected chi connectivity index (χ2v) is 15.0. The number of benzene rings is 2. The second kappa shape index (κ2) is 14.5. The van der Waals surface area contributed by atoms with E-state index < -0.39 is 22.8 Å². The van der Waals surface area contributed by atoms with E-state index >= 15 is 0 Å². The first kappa shape index (κ1) is 38.1. The van der Waals surface area contributed by atoms with Crippen LogP contribution in [0.25, 0.3) is 9.69 Å². The van der Waals surface area contributed by atoms with Gasteiger partial charge in [-0.3, -0.25) is 24.2 Å². The third-order valence-corrected chi connectivity index (χ3v) is 11.7. The number of amides is 3. The Kier molecular flexibility index (Phi) is 9.86. The van der Waals surface area contributed by atoms with Gasteiger partial charge >= 0.3 is 0 Å². The summed E-state index contributed by atoms with van der Waals surface area (Å²) in [6.07, 6.45) is 7.66. The molecule has 12 nitrogen and oxygen atoms in total. The number of nitrogens with zero attached hydrogens (tertiary/aromatic N) is 8. The third-order valence-electron chi connectivity index (χ3n) is 11.0. The van der Waals surface area contributed by atoms with E-state index in [1.807, 2.05) is 49.1 Å². The lowest BCUT2D eigenvalue weighted by Gasteiger charge is -2.43. The van der Waals surface area contributed by atoms with Gasteiger partial charge in [-0.25, -0.2) is 4.39 Å². The molecule has 4 heterocycles. The number of carbonyl (C=O) groups is 3. The van der Waals surface area contributed by atoms with Gasteiger partial charge in [-0.05, 0) is 137 Å². The SMILES string of the molecule is [C-]#[N+]c1ncc(N2C(=O)C3(CCC3)N(c3ccc(C(=O)NC)c(F)c3)C2=S)cc1C.[C-]#[N+]c1ncc(N2C(=O)C3(CCC3)N(c3ccc(C)cc3)C2=S)cc1C. The highest BCUT2D eigenvalue weighted by Crippen LogP contribution is 2.49. The molecule has 56 heavy (non-hydrogen) atoms. The fourth-order valence-corrected chi connectivity index (χ4v) is 8.59. The highest BCUT2D eigenvalue weighted by Gasteiger charge is 2.61. The third kappa shape index (κ3) is 5.95. The largest absolute Gasteiger partial charge is 0.360 e. The van der Waals surface area contributed by atoms with E-state index in [0.29, 0.717) is 46.4 Å². The highest BCUT2D eigenvalue weighted by molar-refractivity contribution is 7.81. The lowest BCUT2D eigenvalue weighted by atomic mass is 9.75. The van der Waals surface area contributed by atoms with Crippen LogP contribution in [-0.4, -0.2) is 56.0 Å². The maximum atomic E-state index is 14.6. The molecule has 4 aromatic rings. The van der Waals surface area contributed by atoms with Crippen molar-refractivity contribution in [3.05, 3.63) is 118 Å². The number of carbonyl (C=O) groups excluding carboxylic acids is 3. The zero-order valence-electron chi connectivity index (χ0n) is 31.1. The molecule has 2 aliphatic heterocycles. The smallest absolute Gasteiger partial charge is 0.272 e. The van der Waals surface area contributed by atoms with Crippen LogP contribution in [0.4, 0.5) is 38.8 Å². The van der Waals surface area contributed by atoms with E-state index in [-0.39, 0.29) is 28.3 Å². The molecule has 2 spiro atoms. The van der Waals surface area contributed by atoms with Crippen molar-refractivity contribution in [2.75, 3.05) is 26.6 Å². The predicted octanol–water partition coefficient (Wildman–Crippen LogP) is 7.81. The molecular weight excluding hydrogens is 750 g/mol. The lowest BCUT2D eigenvalue weighted by Crippen LogP contribution is -2.55. The topological polar surface area (TPSA) is 111 Å². The molecule has 2 aliphatic carbocycles. The Labute approximate surface area is 334 Å². The van der Waals surface area contributed by atoms with Crippen molar-refractivity contribution in [1.29, 1.82) is 0 Å². The summed E-state index contributed by atoms with van der Waals surface area (Å²) in [7, 11) is 1.43. The van der Waals surface area contributed by atoms with E-state index in [1.165, 1.54) is 35.8 Å². The molecule has 3 amide bonds. The number of anilines is 4. The summed E-state index contributed by atoms with van der Waals surface area (Å²) in [5.41, 5.74) is 3.48. The van der Waals surface area contributed by atoms with Gasteiger partial charge in [0, 0.05) is 18.4 Å². The minimum Gasteiger partial charge on any atom is -0.360 e. The van der Waals surface area contributed by atoms with Crippen LogP contribution in [0.1, 0.15) is 65.6 Å². The number of aryl methyl sites for hydroxylation is 3. The van der Waals surface area contributed by atoms with Crippen LogP contribution in [0.5, 0.6) is 0 Å². The van der Waals surface area contributed by atoms with Crippen LogP contribution in [-0.2, 0) is 9.59 Å². The standard InChI is InChI=1S/C21H18FN5O2S.C20H18N4OS/c1-12-9-14(11-25-17(12)23-2)26-19(29)21(7-4-8-21)27(20(26)30)13-5-6-15(16(22)10-13)18(28)24-3;1-13-5-7-15(8-6-13)24-19(26)23(18(25)20(24)9-4-10-20)16-11-14(2)17(21-3)22-12-16/h5-6,9-11H,4,7-8H2,1,3H3,(H,24,28);5-8,11-12H,4,9-10H2,1-2H3. The van der Waals surface area contributed by atoms with Crippen LogP contribution in [0.3, 0.4) is 0 Å². The maximum Gasteiger partial charge on any atom is 0.272 e. The molecule has 0 bridgehead atoms. The molecule has 2 saturated heterocycles. The fourth-order valence-electron chi connectivity index (χ4n) is 7.66. The van der Waals surface area contributed by atoms with Crippen molar-refractivity contribution in [1.82, 2.24) is 15.3 Å². The van der Waals surface area contributed by atoms with Gasteiger partial charge < -0.3 is 24.8 Å². The Balaban J connectivity index is 0.000000173. The van der Waals surface area contributed by atoms with E-state index in [0.717, 1.165) is 36.9 Å². The monoisotopic (exact) mass is 785 g/mol. The number of rotatable bonds is 5. The summed E-state index contributed by atoms with van der Waals surface area (Å²) in [6.45, 7) is 19.9. The molecule has 8 rings (SSSR count). The number of halogens is 1. The molecule has 2 saturated carbocycles. The van der Waals surface area contributed by atoms with Crippen molar-refractivity contribution in [2.24, 2.45) is 0 Å². The summed E-state index contributed by atoms with van der Waals surface area (Å²) in [4.78, 5) is 60.3. The average molecular weight is 786 g/mol. The molecule has 2 aromatic carbocycles. The van der Waals surface area contributed by atoms with Gasteiger partial charge in [0.1, 0.15) is 29.3 Å². The van der Waals surface area contributed by atoms with Gasteiger partial charge in [-0.2, -0.15) is 0 Å². The van der Waals surface area contributed by atoms with Gasteiger partial charge in [0.2, 0.25) is 0 Å². The van der Waals surface area contributed by atoms with Gasteiger partial charge in [-0.1, -0.05) is 30.8 Å². The Morgan fingerprint density at radius 3 is 1.55 bits per heavy atom. The normalized spacial score (nSPS) is 17.6. The average Bonchev–Trinajstić information content (AvgIpc) is 3.54. The molecular formula is C41H36FN9O3S2. The van der Waals surface area contributed by atoms with E-state index in [1.54, 1.807) is 35.1 Å². The highest BCUT2D eigenvalue weighted by atomic mass is 32.1. The number of pyridine rings is 2. The Morgan fingerprint density at radius 1 is 0.732 bits per heavy atom. The number of hydrogen-bond donors (Lipinski definition) is 1. The molecule has 2 aromatic heterocycles. The van der Waals surface area contributed by atoms with Crippen LogP contribution in [0, 0.1) is 39.7 Å². The summed E-state index contributed by atoms with van der Waals surface area (Å²) in [5, 5.41) is 3.11. The van der Waals surface area contributed by atoms with Crippen LogP contribution in [0.2, 0.25) is 0 Å². The summed E-state index contributed by atoms with van der Waals surface area (Å²) >= 11 is 11.4. The molecule has 15 heteroatoms. The van der Waals surface area contributed by atoms with Gasteiger partial charge in [0.25, 0.3) is 29.4 Å². The first-order chi connectivity index (χ1) is 26.8. The van der Waals surface area contributed by atoms with Crippen molar-refractivity contribution in [3.8, 4) is 0 Å². The molecule has 282 valence electrons. The predicted molar refractivity (Wildman–Crippen MR) is 220 cm³/mol. The van der Waals surface area contributed by atoms with Crippen molar-refractivity contribution < 1.29 is 18.8 Å². The summed E-state index contributed by atoms with van der Waals surface area (Å²) in [6, 6.07) is 15.9. The molecule has 0 unspecified atom stereocenters. The van der Waals surface area contributed by atoms with Gasteiger partial charge in [0.15, 0.2) is 10.2 Å². The Morgan fingerprint density at radius 2 is 1.18 bits per heavy atom. The lowest BCUT2D eigenvalue weighted by molar-refractivity contribution is -0.124. The van der Waals surface area contributed by atoms with Crippen molar-refractivity contribution >= 4 is 86.8 Å². The van der Waals surface area contributed by atoms with E-state index in [2.05, 4.69) is 25.0 Å². The van der Waals surface area contributed by atoms with E-state index in [9.17, 15) is 18.8 Å². The zero-order valence-corrected chi connectivity index (χ0v) is 32.7. The van der Waals surface area contributed by atoms with Crippen molar-refractivity contribution in [2.45, 2.75) is 70.4 Å². The maximum absolute atomic E-state index is 14.6. The number of thiocarbonyl (C=S) groups is 2. The minimum absolute atomic E-state index is 0.00564. The first-order valence-corrected chi connectivity index (χ1v) is 18.8. The number of hydrogen-bond acceptors (Lipinski definition) is 7. The summed E-state index contributed by atoms with van der Waals surface area (Å²) < 4.78 is 14.6. The fraction of sp³-hybridized carbons (Fsp3) is 0.293. The molecule has 4 fully saturated rings. The zero-order chi connectivity index (χ0) is 40.1. The van der Waals surface area contributed by atoms with E-state index in [4.69, 9.17) is 37.6 Å². The Bertz CT molecular complexity index is 2430. The first-order valence-electron chi connectivity index (χ1n) is 18.0. The summed E-state index contributed by atoms with van der Waals surface area (Å²) in [5.74, 6) is -0.787. The van der Waals surface area contributed by atoms with Crippen molar-refractivity contribution in [3.63, 3.8) is 0 Å². The van der Waals surface area contributed by atoms with Crippen LogP contribution >= 0.6 is 24.4 Å². The molecule has 0 atom stereocenters. The second-order valence-electron chi connectivity index (χ2n) is 14.3. The van der Waals surface area contributed by atoms with Crippen LogP contribution in [0.15, 0.2) is 67.0 Å².